The highest BCUT2D eigenvalue weighted by Gasteiger charge is 2.32. The van der Waals surface area contributed by atoms with Crippen molar-refractivity contribution >= 4 is 35.0 Å². The molecule has 220 valence electrons. The Bertz CT molecular complexity index is 1250. The summed E-state index contributed by atoms with van der Waals surface area (Å²) in [5.41, 5.74) is 3.78. The number of carbonyl (C=O) groups excluding carboxylic acids is 1. The quantitative estimate of drug-likeness (QED) is 0.148. The second-order valence-corrected chi connectivity index (χ2v) is 12.5. The van der Waals surface area contributed by atoms with Gasteiger partial charge in [0.2, 0.25) is 5.91 Å². The summed E-state index contributed by atoms with van der Waals surface area (Å²) < 4.78 is 13.7. The zero-order valence-corrected chi connectivity index (χ0v) is 24.8. The van der Waals surface area contributed by atoms with Crippen LogP contribution in [0.2, 0.25) is 0 Å². The molecule has 1 aliphatic rings. The lowest BCUT2D eigenvalue weighted by Gasteiger charge is -2.36. The van der Waals surface area contributed by atoms with Crippen LogP contribution in [0.25, 0.3) is 0 Å². The average molecular weight is 600 g/mol. The van der Waals surface area contributed by atoms with E-state index >= 15 is 0 Å². The van der Waals surface area contributed by atoms with Crippen molar-refractivity contribution in [1.29, 1.82) is 0 Å². The third-order valence-corrected chi connectivity index (χ3v) is 8.91. The van der Waals surface area contributed by atoms with Crippen molar-refractivity contribution in [3.63, 3.8) is 0 Å². The number of nitrogens with zero attached hydrogens (tertiary/aromatic N) is 2. The van der Waals surface area contributed by atoms with Gasteiger partial charge < -0.3 is 25.0 Å². The Morgan fingerprint density at radius 2 is 1.63 bits per heavy atom. The average Bonchev–Trinajstić information content (AvgIpc) is 3.41. The number of aliphatic carboxylic acids is 1. The molecule has 0 spiro atoms. The maximum Gasteiger partial charge on any atom is 0.303 e. The minimum absolute atomic E-state index is 0.000524. The number of carboxylic acid groups (broad SMARTS) is 1. The number of aliphatic hydroxyl groups excluding tert-OH is 1. The van der Waals surface area contributed by atoms with Crippen LogP contribution in [0.4, 0.5) is 0 Å². The summed E-state index contributed by atoms with van der Waals surface area (Å²) in [5.74, 6) is -0.0574. The molecule has 1 fully saturated rings. The van der Waals surface area contributed by atoms with E-state index in [4.69, 9.17) is 14.6 Å². The van der Waals surface area contributed by atoms with Gasteiger partial charge in [-0.25, -0.2) is 0 Å². The lowest BCUT2D eigenvalue weighted by atomic mass is 10.0. The first kappa shape index (κ1) is 31.1. The summed E-state index contributed by atoms with van der Waals surface area (Å²) in [6.07, 6.45) is 3.62. The Labute approximate surface area is 248 Å². The Morgan fingerprint density at radius 3 is 2.29 bits per heavy atom. The summed E-state index contributed by atoms with van der Waals surface area (Å²) in [5, 5.41) is 30.3. The van der Waals surface area contributed by atoms with Crippen LogP contribution in [-0.4, -0.2) is 44.1 Å². The Kier molecular flexibility index (Phi) is 12.1. The predicted molar refractivity (Wildman–Crippen MR) is 157 cm³/mol. The SMILES string of the molecule is Cc1nnc(SC[C@H]2C[C@@H](c3ccc(CO)cc3)O[C@@H](c3ccc(CNC(=O)CCCCCCC(=O)O)cc3)O2)s1. The monoisotopic (exact) mass is 599 g/mol. The number of hydrogen-bond donors (Lipinski definition) is 3. The van der Waals surface area contributed by atoms with Gasteiger partial charge >= 0.3 is 5.97 Å². The summed E-state index contributed by atoms with van der Waals surface area (Å²) in [7, 11) is 0. The first-order chi connectivity index (χ1) is 19.9. The molecule has 3 atom stereocenters. The molecule has 41 heavy (non-hydrogen) atoms. The van der Waals surface area contributed by atoms with Crippen LogP contribution >= 0.6 is 23.1 Å². The first-order valence-electron chi connectivity index (χ1n) is 13.9. The molecule has 0 unspecified atom stereocenters. The van der Waals surface area contributed by atoms with Gasteiger partial charge in [0.15, 0.2) is 10.6 Å². The number of benzene rings is 2. The number of carboxylic acids is 1. The fourth-order valence-corrected chi connectivity index (χ4v) is 6.38. The molecule has 3 N–H and O–H groups in total. The van der Waals surface area contributed by atoms with Crippen LogP contribution in [0.1, 0.15) is 84.6 Å². The van der Waals surface area contributed by atoms with Gasteiger partial charge in [0.1, 0.15) is 5.01 Å². The number of aliphatic hydroxyl groups is 1. The number of ether oxygens (including phenoxy) is 2. The van der Waals surface area contributed by atoms with Crippen LogP contribution < -0.4 is 5.32 Å². The van der Waals surface area contributed by atoms with Gasteiger partial charge in [0.25, 0.3) is 0 Å². The van der Waals surface area contributed by atoms with E-state index in [1.54, 1.807) is 23.1 Å². The zero-order chi connectivity index (χ0) is 29.0. The van der Waals surface area contributed by atoms with Crippen molar-refractivity contribution in [2.24, 2.45) is 0 Å². The number of aryl methyl sites for hydroxylation is 1. The second kappa shape index (κ2) is 16.0. The van der Waals surface area contributed by atoms with E-state index in [0.717, 1.165) is 56.6 Å². The molecule has 2 aromatic carbocycles. The van der Waals surface area contributed by atoms with E-state index in [-0.39, 0.29) is 31.1 Å². The van der Waals surface area contributed by atoms with Crippen LogP contribution in [0.15, 0.2) is 52.9 Å². The fourth-order valence-electron chi connectivity index (χ4n) is 4.52. The van der Waals surface area contributed by atoms with E-state index in [1.165, 1.54) is 0 Å². The largest absolute Gasteiger partial charge is 0.481 e. The molecule has 0 saturated carbocycles. The molecular formula is C30H37N3O6S2. The van der Waals surface area contributed by atoms with Crippen LogP contribution in [0, 0.1) is 6.92 Å². The number of thioether (sulfide) groups is 1. The molecule has 1 saturated heterocycles. The summed E-state index contributed by atoms with van der Waals surface area (Å²) >= 11 is 3.21. The number of unbranched alkanes of at least 4 members (excludes halogenated alkanes) is 3. The summed E-state index contributed by atoms with van der Waals surface area (Å²) in [6.45, 7) is 2.38. The van der Waals surface area contributed by atoms with Crippen molar-refractivity contribution in [2.75, 3.05) is 5.75 Å². The van der Waals surface area contributed by atoms with Crippen molar-refractivity contribution in [3.05, 3.63) is 75.8 Å². The maximum atomic E-state index is 12.2. The Balaban J connectivity index is 1.32. The molecule has 2 heterocycles. The predicted octanol–water partition coefficient (Wildman–Crippen LogP) is 5.72. The minimum Gasteiger partial charge on any atom is -0.481 e. The van der Waals surface area contributed by atoms with E-state index in [2.05, 4.69) is 15.5 Å². The number of aromatic nitrogens is 2. The third-order valence-electron chi connectivity index (χ3n) is 6.80. The lowest BCUT2D eigenvalue weighted by Crippen LogP contribution is -2.31. The van der Waals surface area contributed by atoms with Crippen LogP contribution in [-0.2, 0) is 32.2 Å². The van der Waals surface area contributed by atoms with Crippen molar-refractivity contribution in [1.82, 2.24) is 15.5 Å². The maximum absolute atomic E-state index is 12.2. The highest BCUT2D eigenvalue weighted by molar-refractivity contribution is 8.01. The lowest BCUT2D eigenvalue weighted by molar-refractivity contribution is -0.245. The zero-order valence-electron chi connectivity index (χ0n) is 23.2. The molecule has 3 aromatic rings. The second-order valence-electron chi connectivity index (χ2n) is 10.1. The van der Waals surface area contributed by atoms with Crippen LogP contribution in [0.5, 0.6) is 0 Å². The summed E-state index contributed by atoms with van der Waals surface area (Å²) in [6, 6.07) is 15.7. The number of hydrogen-bond acceptors (Lipinski definition) is 9. The molecule has 4 rings (SSSR count). The number of rotatable bonds is 15. The Morgan fingerprint density at radius 1 is 0.951 bits per heavy atom. The topological polar surface area (TPSA) is 131 Å². The highest BCUT2D eigenvalue weighted by atomic mass is 32.2. The summed E-state index contributed by atoms with van der Waals surface area (Å²) in [4.78, 5) is 22.8. The van der Waals surface area contributed by atoms with Gasteiger partial charge in [-0.1, -0.05) is 84.5 Å². The van der Waals surface area contributed by atoms with Gasteiger partial charge in [-0.2, -0.15) is 0 Å². The van der Waals surface area contributed by atoms with Crippen LogP contribution in [0.3, 0.4) is 0 Å². The molecule has 1 aromatic heterocycles. The highest BCUT2D eigenvalue weighted by Crippen LogP contribution is 2.39. The van der Waals surface area contributed by atoms with Gasteiger partial charge in [0.05, 0.1) is 18.8 Å². The molecule has 11 heteroatoms. The molecule has 0 aliphatic carbocycles. The van der Waals surface area contributed by atoms with Gasteiger partial charge in [0, 0.05) is 37.1 Å². The molecule has 1 aliphatic heterocycles. The number of amides is 1. The fraction of sp³-hybridized carbons (Fsp3) is 0.467. The minimum atomic E-state index is -0.776. The van der Waals surface area contributed by atoms with E-state index in [9.17, 15) is 14.7 Å². The number of nitrogens with one attached hydrogen (secondary N) is 1. The van der Waals surface area contributed by atoms with Crippen molar-refractivity contribution in [3.8, 4) is 0 Å². The van der Waals surface area contributed by atoms with Crippen molar-refractivity contribution in [2.45, 2.75) is 87.9 Å². The van der Waals surface area contributed by atoms with Gasteiger partial charge in [-0.3, -0.25) is 9.59 Å². The van der Waals surface area contributed by atoms with E-state index in [0.29, 0.717) is 25.8 Å². The molecule has 0 bridgehead atoms. The third kappa shape index (κ3) is 10.2. The van der Waals surface area contributed by atoms with E-state index < -0.39 is 12.3 Å². The molecule has 1 amide bonds. The van der Waals surface area contributed by atoms with Crippen molar-refractivity contribution < 1.29 is 29.3 Å². The number of carbonyl (C=O) groups is 2. The molecular weight excluding hydrogens is 562 g/mol. The molecule has 9 nitrogen and oxygen atoms in total. The van der Waals surface area contributed by atoms with Gasteiger partial charge in [-0.05, 0) is 36.5 Å². The molecule has 0 radical (unpaired) electrons. The Hall–Kier alpha value is -2.83. The normalized spacial score (nSPS) is 18.7. The van der Waals surface area contributed by atoms with E-state index in [1.807, 2.05) is 55.5 Å². The standard InChI is InChI=1S/C30H37N3O6S2/c1-20-32-33-30(41-20)40-19-25-16-26(23-12-10-22(18-34)11-13-23)39-29(38-25)24-14-8-21(9-15-24)17-31-27(35)6-4-2-3-5-7-28(36)37/h8-15,25-26,29,34H,2-7,16-19H2,1H3,(H,31,35)(H,36,37)/t25-,26+,29+/m1/s1. The van der Waals surface area contributed by atoms with Gasteiger partial charge in [-0.15, -0.1) is 10.2 Å². The first-order valence-corrected chi connectivity index (χ1v) is 15.7. The smallest absolute Gasteiger partial charge is 0.303 e.